The first-order valence-electron chi connectivity index (χ1n) is 40.7. The summed E-state index contributed by atoms with van der Waals surface area (Å²) in [5.74, 6) is 3.45. The number of hydrogen-bond acceptors (Lipinski definition) is 34. The summed E-state index contributed by atoms with van der Waals surface area (Å²) in [5.41, 5.74) is 10.4. The minimum absolute atomic E-state index is 0.126. The van der Waals surface area contributed by atoms with Crippen LogP contribution in [0.5, 0.6) is 23.3 Å². The number of ether oxygens (including phenoxy) is 4. The summed E-state index contributed by atoms with van der Waals surface area (Å²) in [6.07, 6.45) is 7.81. The van der Waals surface area contributed by atoms with E-state index in [9.17, 15) is 59.2 Å². The number of aromatic nitrogens is 9. The maximum Gasteiger partial charge on any atom is 0.333 e. The molecule has 664 valence electrons. The fraction of sp³-hybridized carbons (Fsp3) is 0.463. The molecule has 0 radical (unpaired) electrons. The molecule has 0 bridgehead atoms. The SMILES string of the molecule is C[C@H]1Cc2ccccc2[C@H]1Nc1cc(O[C@@H]2C[C@@H](COS(N)(=O)=O)[C@@H](O)C2)ncn1.Cc1nc(C[C@@H]2C[C@H](COS(N)(=O)=O)[C@@H](O)[C@H]2O)nc(N[C@H]2CCc3ccccc32)n1.NS(=O)(=O)OC[C@@H]1C[C@@H](Nc2ncnc3c2N=C(c2cccc4c2OCCO4)C3)C[C@@H]1O.NS(=O)(=O)OC[C@@H]1C[C@@H](Oc2cc(CCc3cccc4ccccc34)ncn2)C[C@@H]1O. The first-order chi connectivity index (χ1) is 59.2. The largest absolute Gasteiger partial charge is 0.486 e. The standard InChI is InChI=1S/C22H25N3O5S.C20H23N5O6S.C20H27N5O5S.C20H26N4O5S/c23-31(27,28)29-13-17-10-19(12-21(17)26)30-22-11-18(24-14-25-22)9-8-16-6-3-5-15-4-1-2-7-20(15)16;21-32(27,28)31-9-11-6-12(7-16(11)26)24-20-18-15(22-10-23-20)8-14(25-18)13-2-1-3-17-19(13)30-5-4-29-17;1-11-22-17(9-13-8-14(19(27)18(13)26)10-30-31(21,28)29)25-20(23-11)24-16-7-6-12-4-2-3-5-15(12)16;1-12-6-13-4-2-3-5-16(13)20(12)24-18-9-19(23-11-22-18)29-15-7-14(17(25)8-15)10-28-30(21,26)27/h1-7,11,14,17,19,21,26H,8-10,12-13H2,(H2,23,27,28);1-3,10-12,16,26H,4-9H2,(H2,21,27,28)(H,22,23,24);2-5,13-14,16,18-19,26-27H,6-10H2,1H3,(H2,21,28,29)(H,22,23,24,25);2-5,9,11-12,14-15,17,20,25H,6-8,10H2,1H3,(H2,21,26,27)(H,22,23,24)/t17-,19+,21-;11-,12+,16-;13-,14+,16-,18-,19+;12-,14-,15+,17-,20-/m0000/s1. The summed E-state index contributed by atoms with van der Waals surface area (Å²) in [6, 6.07) is 40.7. The number of fused-ring (bicyclic) bond motifs is 5. The molecule has 16 N–H and O–H groups in total. The van der Waals surface area contributed by atoms with E-state index in [-0.39, 0.29) is 80.4 Å². The molecule has 0 amide bonds. The highest BCUT2D eigenvalue weighted by Crippen LogP contribution is 2.43. The van der Waals surface area contributed by atoms with E-state index in [0.717, 1.165) is 54.8 Å². The van der Waals surface area contributed by atoms with Crippen LogP contribution in [-0.2, 0) is 96.5 Å². The molecule has 17 rings (SSSR count). The molecule has 0 saturated heterocycles. The Bertz CT molecular complexity index is 5760. The lowest BCUT2D eigenvalue weighted by Gasteiger charge is -2.20. The summed E-state index contributed by atoms with van der Waals surface area (Å²) in [5, 5.41) is 83.4. The number of aliphatic hydroxyl groups is 5. The predicted molar refractivity (Wildman–Crippen MR) is 452 cm³/mol. The Morgan fingerprint density at radius 1 is 0.532 bits per heavy atom. The molecule has 38 nitrogen and oxygen atoms in total. The average molecular weight is 1790 g/mol. The monoisotopic (exact) mass is 1790 g/mol. The lowest BCUT2D eigenvalue weighted by Crippen LogP contribution is -2.31. The van der Waals surface area contributed by atoms with Crippen molar-refractivity contribution in [3.05, 3.63) is 197 Å². The topological polar surface area (TPSA) is 580 Å². The van der Waals surface area contributed by atoms with Crippen LogP contribution >= 0.6 is 0 Å². The van der Waals surface area contributed by atoms with E-state index in [0.29, 0.717) is 135 Å². The number of aliphatic hydroxyl groups excluding tert-OH is 5. The second kappa shape index (κ2) is 39.8. The lowest BCUT2D eigenvalue weighted by molar-refractivity contribution is -0.00345. The minimum Gasteiger partial charge on any atom is -0.486 e. The zero-order valence-electron chi connectivity index (χ0n) is 67.8. The van der Waals surface area contributed by atoms with Crippen LogP contribution in [0.15, 0.2) is 145 Å². The Morgan fingerprint density at radius 2 is 1.12 bits per heavy atom. The highest BCUT2D eigenvalue weighted by atomic mass is 32.2. The number of para-hydroxylation sites is 1. The van der Waals surface area contributed by atoms with Gasteiger partial charge < -0.3 is 60.4 Å². The van der Waals surface area contributed by atoms with Crippen LogP contribution in [0, 0.1) is 42.4 Å². The van der Waals surface area contributed by atoms with Gasteiger partial charge in [0.25, 0.3) is 0 Å². The van der Waals surface area contributed by atoms with E-state index >= 15 is 0 Å². The second-order valence-corrected chi connectivity index (χ2v) is 37.0. The molecule has 2 aliphatic heterocycles. The number of rotatable bonds is 28. The molecule has 4 aromatic heterocycles. The Kier molecular flexibility index (Phi) is 29.0. The smallest absolute Gasteiger partial charge is 0.333 e. The normalized spacial score (nSPS) is 25.4. The van der Waals surface area contributed by atoms with E-state index in [1.165, 1.54) is 57.6 Å². The van der Waals surface area contributed by atoms with Crippen molar-refractivity contribution in [1.82, 2.24) is 44.9 Å². The van der Waals surface area contributed by atoms with Crippen LogP contribution in [-0.4, -0.2) is 198 Å². The van der Waals surface area contributed by atoms with Crippen LogP contribution in [0.1, 0.15) is 127 Å². The molecule has 0 unspecified atom stereocenters. The van der Waals surface area contributed by atoms with Crippen LogP contribution < -0.4 is 55.5 Å². The van der Waals surface area contributed by atoms with E-state index in [1.54, 1.807) is 13.0 Å². The Hall–Kier alpha value is -9.84. The second-order valence-electron chi connectivity index (χ2n) is 32.1. The molecular weight excluding hydrogens is 1690 g/mol. The van der Waals surface area contributed by atoms with Crippen molar-refractivity contribution in [1.29, 1.82) is 0 Å². The quantitative estimate of drug-likeness (QED) is 0.0313. The zero-order chi connectivity index (χ0) is 87.6. The molecule has 4 saturated carbocycles. The van der Waals surface area contributed by atoms with Crippen LogP contribution in [0.25, 0.3) is 10.8 Å². The minimum atomic E-state index is -4.11. The molecule has 42 heteroatoms. The summed E-state index contributed by atoms with van der Waals surface area (Å²) < 4.78 is 130. The lowest BCUT2D eigenvalue weighted by atomic mass is 10.0. The van der Waals surface area contributed by atoms with Crippen molar-refractivity contribution in [3.8, 4) is 23.3 Å². The highest BCUT2D eigenvalue weighted by Gasteiger charge is 2.44. The molecule has 5 aromatic carbocycles. The van der Waals surface area contributed by atoms with Crippen LogP contribution in [0.4, 0.5) is 23.3 Å². The van der Waals surface area contributed by atoms with Gasteiger partial charge in [-0.05, 0) is 134 Å². The third kappa shape index (κ3) is 24.4. The maximum absolute atomic E-state index is 11.0. The number of hydrogen-bond donors (Lipinski definition) is 12. The van der Waals surface area contributed by atoms with Gasteiger partial charge in [0, 0.05) is 78.8 Å². The van der Waals surface area contributed by atoms with Gasteiger partial charge in [-0.3, -0.25) is 16.7 Å². The molecule has 8 aliphatic rings. The molecule has 4 fully saturated rings. The van der Waals surface area contributed by atoms with Gasteiger partial charge in [-0.2, -0.15) is 43.6 Å². The number of nitrogens with one attached hydrogen (secondary N) is 3. The van der Waals surface area contributed by atoms with Crippen molar-refractivity contribution in [3.63, 3.8) is 0 Å². The first-order valence-corrected chi connectivity index (χ1v) is 46.6. The number of aryl methyl sites for hydroxylation is 4. The average Bonchev–Trinajstić information content (AvgIpc) is 1.61. The molecule has 16 atom stereocenters. The molecule has 6 heterocycles. The summed E-state index contributed by atoms with van der Waals surface area (Å²) >= 11 is 0. The Balaban J connectivity index is 0.000000135. The highest BCUT2D eigenvalue weighted by molar-refractivity contribution is 7.85. The number of aliphatic imine (C=N–C) groups is 1. The van der Waals surface area contributed by atoms with Gasteiger partial charge in [-0.25, -0.2) is 60.4 Å². The zero-order valence-corrected chi connectivity index (χ0v) is 71.1. The van der Waals surface area contributed by atoms with Gasteiger partial charge in [0.1, 0.15) is 67.6 Å². The molecule has 6 aliphatic carbocycles. The van der Waals surface area contributed by atoms with Crippen LogP contribution in [0.3, 0.4) is 0 Å². The Labute approximate surface area is 717 Å². The van der Waals surface area contributed by atoms with Crippen LogP contribution in [0.2, 0.25) is 0 Å². The third-order valence-electron chi connectivity index (χ3n) is 23.2. The first kappa shape index (κ1) is 90.4. The van der Waals surface area contributed by atoms with Gasteiger partial charge in [0.05, 0.1) is 80.4 Å². The van der Waals surface area contributed by atoms with E-state index < -0.39 is 77.7 Å². The van der Waals surface area contributed by atoms with Crippen molar-refractivity contribution in [2.45, 2.75) is 165 Å². The summed E-state index contributed by atoms with van der Waals surface area (Å²) in [6.45, 7) is 4.20. The molecule has 9 aromatic rings. The van der Waals surface area contributed by atoms with E-state index in [1.807, 2.05) is 54.6 Å². The van der Waals surface area contributed by atoms with E-state index in [2.05, 4.69) is 145 Å². The van der Waals surface area contributed by atoms with Gasteiger partial charge in [-0.15, -0.1) is 0 Å². The van der Waals surface area contributed by atoms with Crippen molar-refractivity contribution in [2.24, 2.45) is 61.1 Å². The van der Waals surface area contributed by atoms with Gasteiger partial charge in [0.15, 0.2) is 17.3 Å². The molecular formula is C82H101N17O21S4. The summed E-state index contributed by atoms with van der Waals surface area (Å²) in [7, 11) is -16.2. The third-order valence-corrected chi connectivity index (χ3v) is 25.1. The van der Waals surface area contributed by atoms with Crippen molar-refractivity contribution >= 4 is 81.0 Å². The van der Waals surface area contributed by atoms with E-state index in [4.69, 9.17) is 44.5 Å². The number of nitrogens with two attached hydrogens (primary N) is 4. The van der Waals surface area contributed by atoms with Gasteiger partial charge in [-0.1, -0.05) is 104 Å². The molecule has 0 spiro atoms. The molecule has 124 heavy (non-hydrogen) atoms. The van der Waals surface area contributed by atoms with Crippen molar-refractivity contribution in [2.75, 3.05) is 55.6 Å². The maximum atomic E-state index is 11.0. The number of benzene rings is 5. The predicted octanol–water partition coefficient (Wildman–Crippen LogP) is 4.81. The van der Waals surface area contributed by atoms with Gasteiger partial charge in [0.2, 0.25) is 17.7 Å². The fourth-order valence-electron chi connectivity index (χ4n) is 17.3. The Morgan fingerprint density at radius 3 is 1.82 bits per heavy atom. The van der Waals surface area contributed by atoms with Crippen molar-refractivity contribution < 1.29 is 94.9 Å². The summed E-state index contributed by atoms with van der Waals surface area (Å²) in [4.78, 5) is 43.9. The number of anilines is 3. The number of nitrogens with zero attached hydrogens (tertiary/aromatic N) is 10. The fourth-order valence-corrected chi connectivity index (χ4v) is 18.7. The van der Waals surface area contributed by atoms with Gasteiger partial charge >= 0.3 is 41.2 Å².